The summed E-state index contributed by atoms with van der Waals surface area (Å²) in [5, 5.41) is 3.28. The highest BCUT2D eigenvalue weighted by atomic mass is 35.5. The molecule has 7 nitrogen and oxygen atoms in total. The Bertz CT molecular complexity index is 1440. The second-order valence-electron chi connectivity index (χ2n) is 8.30. The molecule has 4 aromatic rings. The molecule has 0 atom stereocenters. The molecule has 1 amide bonds. The number of benzene rings is 3. The first-order valence-electron chi connectivity index (χ1n) is 11.2. The molecule has 0 radical (unpaired) electrons. The number of carbonyl (C=O) groups is 1. The van der Waals surface area contributed by atoms with Crippen molar-refractivity contribution in [3.8, 4) is 16.9 Å². The lowest BCUT2D eigenvalue weighted by Gasteiger charge is -2.21. The Balaban J connectivity index is 1.42. The number of sulfonamides is 1. The third-order valence-corrected chi connectivity index (χ3v) is 7.90. The highest BCUT2D eigenvalue weighted by Crippen LogP contribution is 2.32. The highest BCUT2D eigenvalue weighted by Gasteiger charge is 2.39. The Morgan fingerprint density at radius 3 is 2.23 bits per heavy atom. The molecule has 1 aromatic heterocycles. The van der Waals surface area contributed by atoms with E-state index >= 15 is 0 Å². The second-order valence-corrected chi connectivity index (χ2v) is 10.6. The van der Waals surface area contributed by atoms with E-state index in [1.807, 2.05) is 66.9 Å². The number of nitrogens with zero attached hydrogens (tertiary/aromatic N) is 3. The van der Waals surface area contributed by atoms with E-state index in [2.05, 4.69) is 10.3 Å². The van der Waals surface area contributed by atoms with Gasteiger partial charge in [-0.05, 0) is 49.2 Å². The molecule has 1 saturated carbocycles. The predicted molar refractivity (Wildman–Crippen MR) is 136 cm³/mol. The lowest BCUT2D eigenvalue weighted by atomic mass is 10.2. The summed E-state index contributed by atoms with van der Waals surface area (Å²) in [5.74, 6) is -0.142. The van der Waals surface area contributed by atoms with Crippen molar-refractivity contribution in [2.24, 2.45) is 0 Å². The van der Waals surface area contributed by atoms with Crippen molar-refractivity contribution in [1.29, 1.82) is 0 Å². The molecule has 0 unspecified atom stereocenters. The Kier molecular flexibility index (Phi) is 6.42. The van der Waals surface area contributed by atoms with Crippen LogP contribution >= 0.6 is 11.6 Å². The Morgan fingerprint density at radius 1 is 0.971 bits per heavy atom. The molecular weight excluding hydrogens is 484 g/mol. The average Bonchev–Trinajstić information content (AvgIpc) is 3.63. The summed E-state index contributed by atoms with van der Waals surface area (Å²) in [5.41, 5.74) is 2.42. The fraction of sp³-hybridized carbons (Fsp3) is 0.154. The van der Waals surface area contributed by atoms with Crippen LogP contribution < -0.4 is 5.32 Å². The van der Waals surface area contributed by atoms with E-state index in [-0.39, 0.29) is 17.5 Å². The van der Waals surface area contributed by atoms with Crippen molar-refractivity contribution in [3.05, 3.63) is 96.1 Å². The molecule has 1 N–H and O–H groups in total. The number of hydrogen-bond donors (Lipinski definition) is 1. The largest absolute Gasteiger partial charge is 0.294 e. The van der Waals surface area contributed by atoms with Crippen LogP contribution in [0.1, 0.15) is 12.8 Å². The summed E-state index contributed by atoms with van der Waals surface area (Å²) in [7, 11) is -3.86. The lowest BCUT2D eigenvalue weighted by Crippen LogP contribution is -2.39. The number of nitrogens with one attached hydrogen (secondary N) is 1. The summed E-state index contributed by atoms with van der Waals surface area (Å²) in [4.78, 5) is 17.9. The molecule has 1 aliphatic rings. The van der Waals surface area contributed by atoms with Gasteiger partial charge in [-0.25, -0.2) is 13.4 Å². The molecule has 1 aliphatic carbocycles. The highest BCUT2D eigenvalue weighted by molar-refractivity contribution is 7.89. The average molecular weight is 507 g/mol. The third-order valence-electron chi connectivity index (χ3n) is 5.73. The molecule has 35 heavy (non-hydrogen) atoms. The lowest BCUT2D eigenvalue weighted by molar-refractivity contribution is -0.116. The minimum Gasteiger partial charge on any atom is -0.294 e. The number of rotatable bonds is 8. The van der Waals surface area contributed by atoms with Crippen LogP contribution in [0.3, 0.4) is 0 Å². The Morgan fingerprint density at radius 2 is 1.60 bits per heavy atom. The first-order valence-corrected chi connectivity index (χ1v) is 13.0. The van der Waals surface area contributed by atoms with E-state index in [4.69, 9.17) is 11.6 Å². The minimum absolute atomic E-state index is 0.110. The van der Waals surface area contributed by atoms with E-state index in [1.54, 1.807) is 4.57 Å². The van der Waals surface area contributed by atoms with Crippen LogP contribution in [0.2, 0.25) is 5.02 Å². The first-order chi connectivity index (χ1) is 16.9. The zero-order valence-corrected chi connectivity index (χ0v) is 20.3. The number of carbonyl (C=O) groups excluding carboxylic acids is 1. The third kappa shape index (κ3) is 5.14. The maximum Gasteiger partial charge on any atom is 0.243 e. The molecule has 1 heterocycles. The van der Waals surface area contributed by atoms with Crippen LogP contribution in [0.15, 0.2) is 96.0 Å². The SMILES string of the molecule is O=C(CN(C1CC1)S(=O)(=O)c1ccc(Cl)cc1)Nc1nc(-c2ccccc2)cn1-c1ccccc1. The van der Waals surface area contributed by atoms with Gasteiger partial charge in [-0.2, -0.15) is 4.31 Å². The minimum atomic E-state index is -3.86. The van der Waals surface area contributed by atoms with Crippen molar-refractivity contribution < 1.29 is 13.2 Å². The van der Waals surface area contributed by atoms with Gasteiger partial charge in [-0.15, -0.1) is 0 Å². The van der Waals surface area contributed by atoms with E-state index < -0.39 is 15.9 Å². The molecular formula is C26H23ClN4O3S. The topological polar surface area (TPSA) is 84.3 Å². The van der Waals surface area contributed by atoms with Crippen LogP contribution in [0.25, 0.3) is 16.9 Å². The molecule has 9 heteroatoms. The van der Waals surface area contributed by atoms with Gasteiger partial charge in [0.25, 0.3) is 0 Å². The van der Waals surface area contributed by atoms with Gasteiger partial charge < -0.3 is 0 Å². The number of anilines is 1. The van der Waals surface area contributed by atoms with E-state index in [1.165, 1.54) is 28.6 Å². The standard InChI is InChI=1S/C26H23ClN4O3S/c27-20-11-15-23(16-12-20)35(33,34)31(22-13-14-22)18-25(32)29-26-28-24(19-7-3-1-4-8-19)17-30(26)21-9-5-2-6-10-21/h1-12,15-17,22H,13-14,18H2,(H,28,29,32). The summed E-state index contributed by atoms with van der Waals surface area (Å²) < 4.78 is 29.6. The summed E-state index contributed by atoms with van der Waals surface area (Å²) in [6, 6.07) is 25.0. The normalized spacial score (nSPS) is 13.7. The van der Waals surface area contributed by atoms with Gasteiger partial charge in [0.2, 0.25) is 21.9 Å². The molecule has 178 valence electrons. The van der Waals surface area contributed by atoms with Gasteiger partial charge in [0.05, 0.1) is 17.1 Å². The molecule has 0 spiro atoms. The number of amides is 1. The second kappa shape index (κ2) is 9.65. The molecule has 0 saturated heterocycles. The maximum absolute atomic E-state index is 13.3. The van der Waals surface area contributed by atoms with Crippen molar-refractivity contribution in [2.75, 3.05) is 11.9 Å². The monoisotopic (exact) mass is 506 g/mol. The summed E-state index contributed by atoms with van der Waals surface area (Å²) in [6.45, 7) is -0.308. The van der Waals surface area contributed by atoms with Gasteiger partial charge in [0.15, 0.2) is 0 Å². The first kappa shape index (κ1) is 23.3. The van der Waals surface area contributed by atoms with Crippen LogP contribution in [-0.4, -0.2) is 40.8 Å². The van der Waals surface area contributed by atoms with Crippen LogP contribution in [0.5, 0.6) is 0 Å². The number of halogens is 1. The Labute approximate surface area is 209 Å². The molecule has 5 rings (SSSR count). The summed E-state index contributed by atoms with van der Waals surface area (Å²) >= 11 is 5.92. The van der Waals surface area contributed by atoms with Crippen LogP contribution in [0.4, 0.5) is 5.95 Å². The predicted octanol–water partition coefficient (Wildman–Crippen LogP) is 4.98. The molecule has 0 aliphatic heterocycles. The number of imidazole rings is 1. The van der Waals surface area contributed by atoms with E-state index in [0.29, 0.717) is 16.7 Å². The zero-order valence-electron chi connectivity index (χ0n) is 18.7. The molecule has 0 bridgehead atoms. The van der Waals surface area contributed by atoms with Gasteiger partial charge in [0.1, 0.15) is 0 Å². The number of hydrogen-bond acceptors (Lipinski definition) is 4. The Hall–Kier alpha value is -3.46. The van der Waals surface area contributed by atoms with Crippen LogP contribution in [0, 0.1) is 0 Å². The summed E-state index contributed by atoms with van der Waals surface area (Å²) in [6.07, 6.45) is 3.29. The van der Waals surface area contributed by atoms with Gasteiger partial charge in [-0.1, -0.05) is 60.1 Å². The van der Waals surface area contributed by atoms with Gasteiger partial charge in [-0.3, -0.25) is 14.7 Å². The van der Waals surface area contributed by atoms with Crippen LogP contribution in [-0.2, 0) is 14.8 Å². The fourth-order valence-corrected chi connectivity index (χ4v) is 5.59. The van der Waals surface area contributed by atoms with Crippen molar-refractivity contribution in [1.82, 2.24) is 13.9 Å². The van der Waals surface area contributed by atoms with Crippen molar-refractivity contribution in [3.63, 3.8) is 0 Å². The van der Waals surface area contributed by atoms with Crippen molar-refractivity contribution >= 4 is 33.5 Å². The molecule has 3 aromatic carbocycles. The smallest absolute Gasteiger partial charge is 0.243 e. The van der Waals surface area contributed by atoms with Gasteiger partial charge in [0, 0.05) is 28.5 Å². The number of para-hydroxylation sites is 1. The quantitative estimate of drug-likeness (QED) is 0.365. The maximum atomic E-state index is 13.3. The zero-order chi connectivity index (χ0) is 24.4. The number of aromatic nitrogens is 2. The van der Waals surface area contributed by atoms with Gasteiger partial charge >= 0.3 is 0 Å². The van der Waals surface area contributed by atoms with Crippen molar-refractivity contribution in [2.45, 2.75) is 23.8 Å². The van der Waals surface area contributed by atoms with E-state index in [0.717, 1.165) is 24.1 Å². The van der Waals surface area contributed by atoms with E-state index in [9.17, 15) is 13.2 Å². The molecule has 1 fully saturated rings. The fourth-order valence-electron chi connectivity index (χ4n) is 3.82.